The first-order valence-corrected chi connectivity index (χ1v) is 6.42. The van der Waals surface area contributed by atoms with E-state index < -0.39 is 0 Å². The van der Waals surface area contributed by atoms with E-state index in [-0.39, 0.29) is 17.9 Å². The van der Waals surface area contributed by atoms with Crippen LogP contribution in [0.3, 0.4) is 0 Å². The lowest BCUT2D eigenvalue weighted by molar-refractivity contribution is -0.132. The van der Waals surface area contributed by atoms with Crippen LogP contribution >= 0.6 is 0 Å². The Kier molecular flexibility index (Phi) is 3.99. The maximum Gasteiger partial charge on any atom is 0.244 e. The molecule has 2 rings (SSSR count). The lowest BCUT2D eigenvalue weighted by Crippen LogP contribution is -2.42. The number of likely N-dealkylation sites (N-methyl/N-ethyl adjacent to an activating group) is 1. The molecule has 5 nitrogen and oxygen atoms in total. The standard InChI is InChI=1S/C12H21N3O2/c1-15-6-4-10(12(15)17)14-11(16)7-9-3-2-5-13-8-9/h9-10,13H,2-8H2,1H3,(H,14,16). The number of piperidine rings is 1. The van der Waals surface area contributed by atoms with Gasteiger partial charge in [-0.1, -0.05) is 0 Å². The maximum atomic E-state index is 11.8. The van der Waals surface area contributed by atoms with Crippen molar-refractivity contribution in [2.75, 3.05) is 26.7 Å². The normalized spacial score (nSPS) is 29.5. The van der Waals surface area contributed by atoms with Crippen LogP contribution in [-0.4, -0.2) is 49.4 Å². The van der Waals surface area contributed by atoms with Crippen LogP contribution in [0.15, 0.2) is 0 Å². The van der Waals surface area contributed by atoms with Crippen molar-refractivity contribution in [1.82, 2.24) is 15.5 Å². The van der Waals surface area contributed by atoms with Gasteiger partial charge in [-0.05, 0) is 38.3 Å². The maximum absolute atomic E-state index is 11.8. The molecule has 2 aliphatic heterocycles. The molecule has 5 heteroatoms. The highest BCUT2D eigenvalue weighted by Crippen LogP contribution is 2.15. The van der Waals surface area contributed by atoms with Crippen LogP contribution in [0.1, 0.15) is 25.7 Å². The van der Waals surface area contributed by atoms with E-state index in [1.54, 1.807) is 11.9 Å². The fraction of sp³-hybridized carbons (Fsp3) is 0.833. The van der Waals surface area contributed by atoms with E-state index in [1.165, 1.54) is 0 Å². The van der Waals surface area contributed by atoms with E-state index in [9.17, 15) is 9.59 Å². The molecule has 17 heavy (non-hydrogen) atoms. The molecule has 0 bridgehead atoms. The van der Waals surface area contributed by atoms with Gasteiger partial charge in [-0.3, -0.25) is 9.59 Å². The highest BCUT2D eigenvalue weighted by Gasteiger charge is 2.30. The van der Waals surface area contributed by atoms with Gasteiger partial charge in [0.2, 0.25) is 11.8 Å². The molecule has 0 aliphatic carbocycles. The summed E-state index contributed by atoms with van der Waals surface area (Å²) < 4.78 is 0. The average Bonchev–Trinajstić information content (AvgIpc) is 2.62. The lowest BCUT2D eigenvalue weighted by atomic mass is 9.96. The Balaban J connectivity index is 1.75. The summed E-state index contributed by atoms with van der Waals surface area (Å²) in [6, 6.07) is -0.288. The zero-order valence-corrected chi connectivity index (χ0v) is 10.4. The third-order valence-corrected chi connectivity index (χ3v) is 3.64. The van der Waals surface area contributed by atoms with Crippen molar-refractivity contribution < 1.29 is 9.59 Å². The summed E-state index contributed by atoms with van der Waals surface area (Å²) in [5.41, 5.74) is 0. The second-order valence-corrected chi connectivity index (χ2v) is 5.09. The van der Waals surface area contributed by atoms with Gasteiger partial charge in [-0.25, -0.2) is 0 Å². The number of hydrogen-bond acceptors (Lipinski definition) is 3. The minimum absolute atomic E-state index is 0.0207. The van der Waals surface area contributed by atoms with Gasteiger partial charge in [0.05, 0.1) is 0 Å². The molecule has 2 fully saturated rings. The number of nitrogens with one attached hydrogen (secondary N) is 2. The van der Waals surface area contributed by atoms with Crippen LogP contribution in [0.5, 0.6) is 0 Å². The molecule has 2 N–H and O–H groups in total. The fourth-order valence-corrected chi connectivity index (χ4v) is 2.57. The SMILES string of the molecule is CN1CCC(NC(=O)CC2CCCNC2)C1=O. The molecular weight excluding hydrogens is 218 g/mol. The van der Waals surface area contributed by atoms with Gasteiger partial charge in [0.1, 0.15) is 6.04 Å². The highest BCUT2D eigenvalue weighted by atomic mass is 16.2. The fourth-order valence-electron chi connectivity index (χ4n) is 2.57. The van der Waals surface area contributed by atoms with Crippen LogP contribution in [0.2, 0.25) is 0 Å². The van der Waals surface area contributed by atoms with Crippen molar-refractivity contribution in [1.29, 1.82) is 0 Å². The predicted molar refractivity (Wildman–Crippen MR) is 64.4 cm³/mol. The van der Waals surface area contributed by atoms with Crippen LogP contribution in [-0.2, 0) is 9.59 Å². The molecule has 2 aliphatic rings. The second kappa shape index (κ2) is 5.49. The zero-order valence-electron chi connectivity index (χ0n) is 10.4. The van der Waals surface area contributed by atoms with Crippen molar-refractivity contribution in [2.24, 2.45) is 5.92 Å². The van der Waals surface area contributed by atoms with E-state index in [2.05, 4.69) is 10.6 Å². The summed E-state index contributed by atoms with van der Waals surface area (Å²) in [4.78, 5) is 25.1. The second-order valence-electron chi connectivity index (χ2n) is 5.09. The summed E-state index contributed by atoms with van der Waals surface area (Å²) in [6.07, 6.45) is 3.53. The number of likely N-dealkylation sites (tertiary alicyclic amines) is 1. The van der Waals surface area contributed by atoms with Crippen molar-refractivity contribution in [2.45, 2.75) is 31.7 Å². The minimum Gasteiger partial charge on any atom is -0.344 e. The summed E-state index contributed by atoms with van der Waals surface area (Å²) in [6.45, 7) is 2.73. The van der Waals surface area contributed by atoms with E-state index in [1.807, 2.05) is 0 Å². The lowest BCUT2D eigenvalue weighted by Gasteiger charge is -2.22. The Morgan fingerprint density at radius 1 is 1.53 bits per heavy atom. The topological polar surface area (TPSA) is 61.4 Å². The van der Waals surface area contributed by atoms with E-state index in [0.717, 1.165) is 38.9 Å². The van der Waals surface area contributed by atoms with E-state index in [4.69, 9.17) is 0 Å². The smallest absolute Gasteiger partial charge is 0.244 e. The number of nitrogens with zero attached hydrogens (tertiary/aromatic N) is 1. The average molecular weight is 239 g/mol. The molecule has 0 aromatic carbocycles. The molecule has 0 saturated carbocycles. The monoisotopic (exact) mass is 239 g/mol. The summed E-state index contributed by atoms with van der Waals surface area (Å²) >= 11 is 0. The van der Waals surface area contributed by atoms with Gasteiger partial charge in [0.25, 0.3) is 0 Å². The molecule has 96 valence electrons. The predicted octanol–water partition coefficient (Wildman–Crippen LogP) is -0.277. The van der Waals surface area contributed by atoms with Crippen LogP contribution in [0.4, 0.5) is 0 Å². The van der Waals surface area contributed by atoms with Crippen LogP contribution < -0.4 is 10.6 Å². The van der Waals surface area contributed by atoms with E-state index in [0.29, 0.717) is 12.3 Å². The number of carbonyl (C=O) groups excluding carboxylic acids is 2. The first kappa shape index (κ1) is 12.4. The number of amides is 2. The number of hydrogen-bond donors (Lipinski definition) is 2. The molecule has 2 amide bonds. The van der Waals surface area contributed by atoms with Crippen molar-refractivity contribution >= 4 is 11.8 Å². The molecule has 0 aromatic rings. The van der Waals surface area contributed by atoms with Gasteiger partial charge in [0.15, 0.2) is 0 Å². The van der Waals surface area contributed by atoms with Crippen LogP contribution in [0, 0.1) is 5.92 Å². The number of carbonyl (C=O) groups is 2. The molecule has 0 radical (unpaired) electrons. The molecule has 0 spiro atoms. The first-order valence-electron chi connectivity index (χ1n) is 6.42. The molecule has 2 atom stereocenters. The van der Waals surface area contributed by atoms with Gasteiger partial charge < -0.3 is 15.5 Å². The van der Waals surface area contributed by atoms with Crippen LogP contribution in [0.25, 0.3) is 0 Å². The summed E-state index contributed by atoms with van der Waals surface area (Å²) in [7, 11) is 1.78. The van der Waals surface area contributed by atoms with Gasteiger partial charge in [-0.2, -0.15) is 0 Å². The Bertz CT molecular complexity index is 300. The Morgan fingerprint density at radius 3 is 2.94 bits per heavy atom. The highest BCUT2D eigenvalue weighted by molar-refractivity contribution is 5.89. The molecule has 0 aromatic heterocycles. The number of rotatable bonds is 3. The van der Waals surface area contributed by atoms with Crippen molar-refractivity contribution in [3.8, 4) is 0 Å². The van der Waals surface area contributed by atoms with E-state index >= 15 is 0 Å². The molecule has 2 saturated heterocycles. The third-order valence-electron chi connectivity index (χ3n) is 3.64. The minimum atomic E-state index is -0.288. The summed E-state index contributed by atoms with van der Waals surface area (Å²) in [5.74, 6) is 0.491. The van der Waals surface area contributed by atoms with Gasteiger partial charge in [-0.15, -0.1) is 0 Å². The Hall–Kier alpha value is -1.10. The summed E-state index contributed by atoms with van der Waals surface area (Å²) in [5, 5.41) is 6.14. The Morgan fingerprint density at radius 2 is 2.35 bits per heavy atom. The van der Waals surface area contributed by atoms with Crippen molar-refractivity contribution in [3.63, 3.8) is 0 Å². The zero-order chi connectivity index (χ0) is 12.3. The molecule has 2 heterocycles. The van der Waals surface area contributed by atoms with Gasteiger partial charge in [0, 0.05) is 20.0 Å². The van der Waals surface area contributed by atoms with Crippen molar-refractivity contribution in [3.05, 3.63) is 0 Å². The quantitative estimate of drug-likeness (QED) is 0.712. The molecule has 2 unspecified atom stereocenters. The Labute approximate surface area is 102 Å². The third kappa shape index (κ3) is 3.19. The van der Waals surface area contributed by atoms with Gasteiger partial charge >= 0.3 is 0 Å². The largest absolute Gasteiger partial charge is 0.344 e. The molecular formula is C12H21N3O2. The first-order chi connectivity index (χ1) is 8.16.